The Morgan fingerprint density at radius 2 is 0.553 bits per heavy atom. The Kier molecular flexibility index (Phi) is 44.4. The molecular weight excluding hydrogens is 1850 g/mol. The molecule has 6 aliphatic rings. The second-order valence-electron chi connectivity index (χ2n) is 37.5. The van der Waals surface area contributed by atoms with E-state index in [0.717, 1.165) is 5.56 Å². The third kappa shape index (κ3) is 32.0. The predicted molar refractivity (Wildman–Crippen MR) is 519 cm³/mol. The molecule has 0 aromatic heterocycles. The Morgan fingerprint density at radius 3 is 0.901 bits per heavy atom. The van der Waals surface area contributed by atoms with E-state index in [9.17, 15) is 38.1 Å². The average molecular weight is 1990 g/mol. The highest BCUT2D eigenvalue weighted by Gasteiger charge is 2.56. The van der Waals surface area contributed by atoms with E-state index in [-0.39, 0.29) is 100 Å². The van der Waals surface area contributed by atoms with E-state index >= 15 is 0 Å². The molecule has 0 saturated carbocycles. The fourth-order valence-electron chi connectivity index (χ4n) is 18.6. The molecule has 14 rings (SSSR count). The van der Waals surface area contributed by atoms with Gasteiger partial charge in [-0.2, -0.15) is 0 Å². The van der Waals surface area contributed by atoms with Gasteiger partial charge in [-0.1, -0.05) is 296 Å². The smallest absolute Gasteiger partial charge is 0.488 e. The van der Waals surface area contributed by atoms with Crippen LogP contribution in [-0.2, 0) is 146 Å². The standard InChI is InChI=1S/C82H112O27P2.2C14H14O/c1-15-60-45(3)50(8)69(108-80-70(105-75(85)58-34-25-19-26-35-58)53(11)48(6)64(102-80)43-96-110(87)88)78(98-60)94-41-62-47(5)52(10)68(104-74(84)57-32-23-18-24-33-57)77(100-62)95-42-63-55(13)67(73(93-40-56-30-21-17-22-31-56)79(101-63)92-39-29-38-66(83)91-14)107-82-72(51(9)46(4)61(16-2)99-82)109-81-71(106-76(86)59-36-27-20-28-37-59)54(12)49(7)65(103-81)44-97-111(89)90;2*1-3-7-13(8-4-1)11-15-12-14-9-5-2-6-10-14/h17-28,30-37,45-55,60-65,67-73,77-82H,15-16,29,38-44H2,1-14H3;2*1-10H,11-12H2/t45-,46-,47-,48-,49-,50-,51-,52-,53-,54-,55+,60?,61?,62?,63?,64?,65?,67-,68?,69?,70?,71?,72?,73?,77-,78-,79+,80+,81+,82+;;/m0../s1. The zero-order valence-corrected chi connectivity index (χ0v) is 84.8. The van der Waals surface area contributed by atoms with Crippen molar-refractivity contribution in [2.45, 2.75) is 266 Å². The SMILES string of the molecule is CCC1O[C@H](O[C@@H]2C(OCc3ccccc3)[C@H](OCCCC(=O)OC)OC(CO[C@H]3OC(CO[C@H]4OC(CC)[C@@H](C)[C@H](C)C4O[C@H]4OC(CO[P+](=O)[O-])[C@@H](C)[C@H](C)C4OC(=O)c4ccccc4)[C@@H](C)[C@H](C)C3OC(=O)c3ccccc3)[C@H]2C)C(O[C@H]2OC(CO[P+](=O)[O-])[C@@H](C)[C@H](C)C2OC(=O)c2ccccc2)[C@@H](C)[C@@H]1C.c1ccc(COCc2ccccc2)cc1.c1ccc(COCc2ccccc2)cc1. The summed E-state index contributed by atoms with van der Waals surface area (Å²) in [6.45, 7) is 27.4. The number of carbonyl (C=O) groups excluding carboxylic acids is 4. The van der Waals surface area contributed by atoms with Gasteiger partial charge in [0, 0.05) is 30.1 Å². The lowest BCUT2D eigenvalue weighted by Crippen LogP contribution is -2.62. The van der Waals surface area contributed by atoms with Crippen molar-refractivity contribution in [3.8, 4) is 0 Å². The van der Waals surface area contributed by atoms with Crippen LogP contribution >= 0.6 is 16.5 Å². The van der Waals surface area contributed by atoms with Crippen LogP contribution in [0.5, 0.6) is 0 Å². The lowest BCUT2D eigenvalue weighted by atomic mass is 9.81. The van der Waals surface area contributed by atoms with Gasteiger partial charge in [-0.25, -0.2) is 14.4 Å². The summed E-state index contributed by atoms with van der Waals surface area (Å²) in [7, 11) is -5.17. The number of ether oxygens (including phenoxy) is 19. The molecule has 8 aromatic carbocycles. The first-order valence-electron chi connectivity index (χ1n) is 49.3. The second-order valence-corrected chi connectivity index (χ2v) is 38.9. The summed E-state index contributed by atoms with van der Waals surface area (Å²) in [5, 5.41) is 0. The van der Waals surface area contributed by atoms with E-state index in [1.54, 1.807) is 91.0 Å². The van der Waals surface area contributed by atoms with Gasteiger partial charge in [0.15, 0.2) is 56.1 Å². The van der Waals surface area contributed by atoms with Gasteiger partial charge in [0.05, 0.1) is 119 Å². The maximum atomic E-state index is 14.4. The molecule has 8 aromatic rings. The first-order valence-corrected chi connectivity index (χ1v) is 51.5. The fraction of sp³-hybridized carbons (Fsp3) is 0.527. The van der Waals surface area contributed by atoms with Gasteiger partial charge in [-0.3, -0.25) is 4.79 Å². The van der Waals surface area contributed by atoms with E-state index in [1.807, 2.05) is 179 Å². The molecule has 0 radical (unpaired) electrons. The lowest BCUT2D eigenvalue weighted by Gasteiger charge is -2.51. The van der Waals surface area contributed by atoms with E-state index in [1.165, 1.54) is 29.4 Å². The highest BCUT2D eigenvalue weighted by molar-refractivity contribution is 7.30. The zero-order valence-electron chi connectivity index (χ0n) is 83.0. The van der Waals surface area contributed by atoms with Crippen molar-refractivity contribution in [1.82, 2.24) is 0 Å². The van der Waals surface area contributed by atoms with Crippen LogP contribution in [0.15, 0.2) is 243 Å². The molecule has 14 unspecified atom stereocenters. The zero-order chi connectivity index (χ0) is 100. The normalized spacial score (nSPS) is 31.1. The molecule has 6 saturated heterocycles. The molecule has 0 amide bonds. The van der Waals surface area contributed by atoms with Crippen LogP contribution in [0.3, 0.4) is 0 Å². The minimum atomic E-state index is -3.25. The van der Waals surface area contributed by atoms with Gasteiger partial charge < -0.3 is 99.8 Å². The van der Waals surface area contributed by atoms with Crippen molar-refractivity contribution in [1.29, 1.82) is 0 Å². The molecule has 29 nitrogen and oxygen atoms in total. The van der Waals surface area contributed by atoms with Crippen LogP contribution < -0.4 is 9.79 Å². The monoisotopic (exact) mass is 1990 g/mol. The van der Waals surface area contributed by atoms with Crippen LogP contribution in [-0.4, -0.2) is 181 Å². The number of rotatable bonds is 42. The van der Waals surface area contributed by atoms with Gasteiger partial charge in [0.1, 0.15) is 31.5 Å². The van der Waals surface area contributed by atoms with Gasteiger partial charge in [0.2, 0.25) is 0 Å². The Balaban J connectivity index is 0.000000497. The highest BCUT2D eigenvalue weighted by Crippen LogP contribution is 2.46. The van der Waals surface area contributed by atoms with Crippen LogP contribution in [0.1, 0.15) is 175 Å². The molecule has 0 bridgehead atoms. The molecule has 6 aliphatic heterocycles. The Morgan fingerprint density at radius 1 is 0.291 bits per heavy atom. The lowest BCUT2D eigenvalue weighted by molar-refractivity contribution is -0.377. The van der Waals surface area contributed by atoms with E-state index in [4.69, 9.17) is 99.0 Å². The molecule has 0 spiro atoms. The van der Waals surface area contributed by atoms with Crippen molar-refractivity contribution < 1.29 is 137 Å². The van der Waals surface area contributed by atoms with Gasteiger partial charge in [-0.05, 0) is 134 Å². The van der Waals surface area contributed by atoms with Crippen molar-refractivity contribution in [2.75, 3.05) is 40.1 Å². The molecule has 6 fully saturated rings. The third-order valence-corrected chi connectivity index (χ3v) is 29.0. The van der Waals surface area contributed by atoms with E-state index in [0.29, 0.717) is 56.0 Å². The van der Waals surface area contributed by atoms with Crippen LogP contribution in [0.25, 0.3) is 0 Å². The first kappa shape index (κ1) is 111. The molecule has 31 heteroatoms. The Bertz CT molecular complexity index is 4860. The Labute approximate surface area is 831 Å². The van der Waals surface area contributed by atoms with Crippen molar-refractivity contribution >= 4 is 40.4 Å². The minimum Gasteiger partial charge on any atom is -0.566 e. The first-order chi connectivity index (χ1) is 68.2. The number of esters is 4. The summed E-state index contributed by atoms with van der Waals surface area (Å²) in [6.07, 6.45) is -16.7. The molecule has 764 valence electrons. The molecular formula is C110H140O29P2. The highest BCUT2D eigenvalue weighted by atomic mass is 31.1. The molecule has 32 atom stereocenters. The quantitative estimate of drug-likeness (QED) is 0.0148. The number of carbonyl (C=O) groups is 4. The van der Waals surface area contributed by atoms with E-state index < -0.39 is 175 Å². The minimum absolute atomic E-state index is 0.00539. The van der Waals surface area contributed by atoms with Gasteiger partial charge in [0.25, 0.3) is 0 Å². The van der Waals surface area contributed by atoms with Crippen LogP contribution in [0, 0.1) is 65.1 Å². The number of methoxy groups -OCH3 is 1. The third-order valence-electron chi connectivity index (χ3n) is 28.3. The summed E-state index contributed by atoms with van der Waals surface area (Å²) in [6, 6.07) is 76.1. The Hall–Kier alpha value is -8.92. The summed E-state index contributed by atoms with van der Waals surface area (Å²) < 4.78 is 160. The number of benzene rings is 8. The second kappa shape index (κ2) is 56.5. The van der Waals surface area contributed by atoms with Crippen molar-refractivity contribution in [3.63, 3.8) is 0 Å². The largest absolute Gasteiger partial charge is 0.566 e. The van der Waals surface area contributed by atoms with E-state index in [2.05, 4.69) is 62.4 Å². The van der Waals surface area contributed by atoms with Crippen LogP contribution in [0.4, 0.5) is 0 Å². The fourth-order valence-corrected chi connectivity index (χ4v) is 19.1. The molecule has 6 heterocycles. The van der Waals surface area contributed by atoms with Gasteiger partial charge in [-0.15, -0.1) is 9.05 Å². The molecule has 141 heavy (non-hydrogen) atoms. The predicted octanol–water partition coefficient (Wildman–Crippen LogP) is 18.4. The summed E-state index contributed by atoms with van der Waals surface area (Å²) in [5.41, 5.74) is 6.60. The average Bonchev–Trinajstić information content (AvgIpc) is 0.769. The number of hydrogen-bond donors (Lipinski definition) is 0. The van der Waals surface area contributed by atoms with Crippen molar-refractivity contribution in [3.05, 3.63) is 287 Å². The van der Waals surface area contributed by atoms with Crippen LogP contribution in [0.2, 0.25) is 0 Å². The topological polar surface area (TPSA) is 342 Å². The number of hydrogen-bond acceptors (Lipinski definition) is 29. The maximum absolute atomic E-state index is 14.4. The summed E-state index contributed by atoms with van der Waals surface area (Å²) in [4.78, 5) is 78.7. The summed E-state index contributed by atoms with van der Waals surface area (Å²) in [5.74, 6) is -6.26. The maximum Gasteiger partial charge on any atom is 0.488 e. The van der Waals surface area contributed by atoms with Crippen molar-refractivity contribution in [2.24, 2.45) is 65.1 Å². The molecule has 0 N–H and O–H groups in total. The van der Waals surface area contributed by atoms with Gasteiger partial charge >= 0.3 is 40.4 Å². The molecule has 0 aliphatic carbocycles. The summed E-state index contributed by atoms with van der Waals surface area (Å²) >= 11 is 0.